The molecule has 1 N–H and O–H groups in total. The Balaban J connectivity index is 2.25. The largest absolute Gasteiger partial charge is 0.383 e. The number of aryl methyl sites for hydroxylation is 1. The molecule has 2 atom stereocenters. The summed E-state index contributed by atoms with van der Waals surface area (Å²) in [5.41, 5.74) is 0.140. The molecule has 0 aromatic carbocycles. The second kappa shape index (κ2) is 3.63. The summed E-state index contributed by atoms with van der Waals surface area (Å²) in [5.74, 6) is 1.17. The maximum Gasteiger partial charge on any atom is 0.109 e. The van der Waals surface area contributed by atoms with Gasteiger partial charge >= 0.3 is 0 Å². The van der Waals surface area contributed by atoms with Crippen LogP contribution in [0.3, 0.4) is 0 Å². The molecule has 0 bridgehead atoms. The molecule has 2 unspecified atom stereocenters. The lowest BCUT2D eigenvalue weighted by atomic mass is 9.72. The summed E-state index contributed by atoms with van der Waals surface area (Å²) in [6.07, 6.45) is 4.80. The molecule has 2 rings (SSSR count). The second-order valence-electron chi connectivity index (χ2n) is 5.26. The minimum Gasteiger partial charge on any atom is -0.383 e. The number of nitrogens with zero attached hydrogens (tertiary/aromatic N) is 2. The molecule has 1 fully saturated rings. The van der Waals surface area contributed by atoms with Gasteiger partial charge in [-0.05, 0) is 37.2 Å². The third-order valence-corrected chi connectivity index (χ3v) is 3.37. The zero-order valence-corrected chi connectivity index (χ0v) is 9.77. The van der Waals surface area contributed by atoms with E-state index in [-0.39, 0.29) is 0 Å². The Morgan fingerprint density at radius 3 is 2.47 bits per heavy atom. The van der Waals surface area contributed by atoms with Crippen LogP contribution in [0.25, 0.3) is 0 Å². The standard InChI is InChI=1S/C12H20N2O/c1-9-6-10(2)8-12(15,7-9)11-4-5-14(3)13-11/h4-5,9-10,15H,6-8H2,1-3H3. The van der Waals surface area contributed by atoms with Crippen molar-refractivity contribution in [3.05, 3.63) is 18.0 Å². The molecule has 15 heavy (non-hydrogen) atoms. The first-order valence-electron chi connectivity index (χ1n) is 5.72. The molecular weight excluding hydrogens is 188 g/mol. The van der Waals surface area contributed by atoms with Gasteiger partial charge in [0.15, 0.2) is 0 Å². The molecule has 1 aromatic heterocycles. The Labute approximate surface area is 91.1 Å². The molecule has 1 aromatic rings. The number of hydrogen-bond donors (Lipinski definition) is 1. The lowest BCUT2D eigenvalue weighted by Gasteiger charge is -2.37. The lowest BCUT2D eigenvalue weighted by Crippen LogP contribution is -2.35. The zero-order chi connectivity index (χ0) is 11.1. The summed E-state index contributed by atoms with van der Waals surface area (Å²) in [6, 6.07) is 1.94. The summed E-state index contributed by atoms with van der Waals surface area (Å²) in [4.78, 5) is 0. The molecule has 1 heterocycles. The first-order valence-corrected chi connectivity index (χ1v) is 5.72. The van der Waals surface area contributed by atoms with Crippen molar-refractivity contribution >= 4 is 0 Å². The van der Waals surface area contributed by atoms with Crippen LogP contribution >= 0.6 is 0 Å². The van der Waals surface area contributed by atoms with Gasteiger partial charge in [-0.2, -0.15) is 5.10 Å². The maximum atomic E-state index is 10.6. The van der Waals surface area contributed by atoms with Crippen molar-refractivity contribution in [3.63, 3.8) is 0 Å². The predicted octanol–water partition coefficient (Wildman–Crippen LogP) is 2.06. The van der Waals surface area contributed by atoms with Crippen LogP contribution in [-0.2, 0) is 12.6 Å². The van der Waals surface area contributed by atoms with Gasteiger partial charge in [-0.15, -0.1) is 0 Å². The van der Waals surface area contributed by atoms with Crippen LogP contribution in [0.2, 0.25) is 0 Å². The minimum absolute atomic E-state index is 0.584. The molecular formula is C12H20N2O. The summed E-state index contributed by atoms with van der Waals surface area (Å²) in [6.45, 7) is 4.42. The van der Waals surface area contributed by atoms with E-state index >= 15 is 0 Å². The van der Waals surface area contributed by atoms with Gasteiger partial charge in [-0.1, -0.05) is 13.8 Å². The van der Waals surface area contributed by atoms with Crippen molar-refractivity contribution in [2.75, 3.05) is 0 Å². The highest BCUT2D eigenvalue weighted by atomic mass is 16.3. The third-order valence-electron chi connectivity index (χ3n) is 3.37. The third kappa shape index (κ3) is 2.07. The summed E-state index contributed by atoms with van der Waals surface area (Å²) in [7, 11) is 1.89. The smallest absolute Gasteiger partial charge is 0.109 e. The topological polar surface area (TPSA) is 38.0 Å². The summed E-state index contributed by atoms with van der Waals surface area (Å²) >= 11 is 0. The molecule has 84 valence electrons. The molecule has 0 aliphatic heterocycles. The van der Waals surface area contributed by atoms with E-state index < -0.39 is 5.60 Å². The van der Waals surface area contributed by atoms with Crippen molar-refractivity contribution in [2.24, 2.45) is 18.9 Å². The molecule has 0 spiro atoms. The van der Waals surface area contributed by atoms with Crippen LogP contribution in [0.15, 0.2) is 12.3 Å². The van der Waals surface area contributed by atoms with E-state index in [0.717, 1.165) is 18.5 Å². The number of aromatic nitrogens is 2. The number of aliphatic hydroxyl groups is 1. The highest BCUT2D eigenvalue weighted by Gasteiger charge is 2.39. The van der Waals surface area contributed by atoms with Crippen molar-refractivity contribution < 1.29 is 5.11 Å². The first-order chi connectivity index (χ1) is 6.99. The highest BCUT2D eigenvalue weighted by molar-refractivity contribution is 5.12. The Kier molecular flexibility index (Phi) is 2.59. The monoisotopic (exact) mass is 208 g/mol. The van der Waals surface area contributed by atoms with Crippen LogP contribution in [0.5, 0.6) is 0 Å². The van der Waals surface area contributed by atoms with Crippen LogP contribution in [0.4, 0.5) is 0 Å². The normalized spacial score (nSPS) is 36.8. The van der Waals surface area contributed by atoms with E-state index in [9.17, 15) is 5.11 Å². The van der Waals surface area contributed by atoms with E-state index in [0.29, 0.717) is 11.8 Å². The maximum absolute atomic E-state index is 10.6. The molecule has 0 amide bonds. The van der Waals surface area contributed by atoms with E-state index in [4.69, 9.17) is 0 Å². The summed E-state index contributed by atoms with van der Waals surface area (Å²) < 4.78 is 1.76. The highest BCUT2D eigenvalue weighted by Crippen LogP contribution is 2.41. The van der Waals surface area contributed by atoms with E-state index in [1.165, 1.54) is 6.42 Å². The van der Waals surface area contributed by atoms with Crippen molar-refractivity contribution in [1.29, 1.82) is 0 Å². The molecule has 0 saturated heterocycles. The van der Waals surface area contributed by atoms with Crippen molar-refractivity contribution in [3.8, 4) is 0 Å². The second-order valence-corrected chi connectivity index (χ2v) is 5.26. The van der Waals surface area contributed by atoms with Gasteiger partial charge in [0.05, 0.1) is 5.69 Å². The molecule has 3 heteroatoms. The zero-order valence-electron chi connectivity index (χ0n) is 9.77. The van der Waals surface area contributed by atoms with Crippen molar-refractivity contribution in [1.82, 2.24) is 9.78 Å². The number of hydrogen-bond acceptors (Lipinski definition) is 2. The lowest BCUT2D eigenvalue weighted by molar-refractivity contribution is -0.0401. The average Bonchev–Trinajstić information content (AvgIpc) is 2.49. The van der Waals surface area contributed by atoms with E-state index in [1.54, 1.807) is 4.68 Å². The molecule has 1 aliphatic carbocycles. The molecule has 1 aliphatic rings. The minimum atomic E-state index is -0.696. The van der Waals surface area contributed by atoms with Gasteiger partial charge in [0.1, 0.15) is 5.60 Å². The number of rotatable bonds is 1. The SMILES string of the molecule is CC1CC(C)CC(O)(c2ccn(C)n2)C1. The van der Waals surface area contributed by atoms with E-state index in [2.05, 4.69) is 18.9 Å². The quantitative estimate of drug-likeness (QED) is 0.767. The molecule has 3 nitrogen and oxygen atoms in total. The van der Waals surface area contributed by atoms with Crippen LogP contribution in [0.1, 0.15) is 38.8 Å². The fourth-order valence-corrected chi connectivity index (χ4v) is 2.96. The van der Waals surface area contributed by atoms with Crippen LogP contribution in [0, 0.1) is 11.8 Å². The Bertz CT molecular complexity index is 335. The summed E-state index contributed by atoms with van der Waals surface area (Å²) in [5, 5.41) is 15.0. The van der Waals surface area contributed by atoms with Gasteiger partial charge in [-0.25, -0.2) is 0 Å². The van der Waals surface area contributed by atoms with Gasteiger partial charge in [0.2, 0.25) is 0 Å². The predicted molar refractivity (Wildman–Crippen MR) is 59.3 cm³/mol. The fraction of sp³-hybridized carbons (Fsp3) is 0.750. The van der Waals surface area contributed by atoms with Gasteiger partial charge < -0.3 is 5.11 Å². The van der Waals surface area contributed by atoms with Gasteiger partial charge in [0, 0.05) is 13.2 Å². The first kappa shape index (κ1) is 10.7. The Morgan fingerprint density at radius 1 is 1.40 bits per heavy atom. The van der Waals surface area contributed by atoms with E-state index in [1.807, 2.05) is 19.3 Å². The van der Waals surface area contributed by atoms with Gasteiger partial charge in [0.25, 0.3) is 0 Å². The van der Waals surface area contributed by atoms with Crippen molar-refractivity contribution in [2.45, 2.75) is 38.7 Å². The fourth-order valence-electron chi connectivity index (χ4n) is 2.96. The van der Waals surface area contributed by atoms with Crippen LogP contribution in [-0.4, -0.2) is 14.9 Å². The Hall–Kier alpha value is -0.830. The van der Waals surface area contributed by atoms with Gasteiger partial charge in [-0.3, -0.25) is 4.68 Å². The van der Waals surface area contributed by atoms with Crippen LogP contribution < -0.4 is 0 Å². The average molecular weight is 208 g/mol. The Morgan fingerprint density at radius 2 is 2.00 bits per heavy atom. The molecule has 1 saturated carbocycles. The molecule has 0 radical (unpaired) electrons.